The molecule has 0 aliphatic carbocycles. The average Bonchev–Trinajstić information content (AvgIpc) is 2.30. The summed E-state index contributed by atoms with van der Waals surface area (Å²) in [6.45, 7) is 1.58. The predicted octanol–water partition coefficient (Wildman–Crippen LogP) is 2.33. The molecule has 0 atom stereocenters. The van der Waals surface area contributed by atoms with E-state index in [0.717, 1.165) is 0 Å². The second kappa shape index (κ2) is 6.50. The highest BCUT2D eigenvalue weighted by Crippen LogP contribution is 2.02. The van der Waals surface area contributed by atoms with Gasteiger partial charge in [0.2, 0.25) is 6.79 Å². The van der Waals surface area contributed by atoms with Gasteiger partial charge in [0.05, 0.1) is 12.7 Å². The Kier molecular flexibility index (Phi) is 4.92. The summed E-state index contributed by atoms with van der Waals surface area (Å²) in [6.07, 6.45) is 1.43. The monoisotopic (exact) mass is 222 g/mol. The molecule has 0 spiro atoms. The van der Waals surface area contributed by atoms with Gasteiger partial charge in [0.1, 0.15) is 12.0 Å². The van der Waals surface area contributed by atoms with Gasteiger partial charge < -0.3 is 14.2 Å². The summed E-state index contributed by atoms with van der Waals surface area (Å²) in [4.78, 5) is 11.4. The van der Waals surface area contributed by atoms with Crippen LogP contribution in [0.3, 0.4) is 0 Å². The molecule has 16 heavy (non-hydrogen) atoms. The van der Waals surface area contributed by atoms with E-state index in [1.54, 1.807) is 31.2 Å². The van der Waals surface area contributed by atoms with E-state index < -0.39 is 5.97 Å². The number of esters is 1. The molecular weight excluding hydrogens is 208 g/mol. The van der Waals surface area contributed by atoms with Gasteiger partial charge in [-0.1, -0.05) is 18.2 Å². The quantitative estimate of drug-likeness (QED) is 0.435. The van der Waals surface area contributed by atoms with Gasteiger partial charge in [-0.3, -0.25) is 0 Å². The normalized spacial score (nSPS) is 10.8. The largest absolute Gasteiger partial charge is 0.501 e. The van der Waals surface area contributed by atoms with Crippen molar-refractivity contribution in [2.45, 2.75) is 6.92 Å². The van der Waals surface area contributed by atoms with Crippen molar-refractivity contribution in [3.8, 4) is 0 Å². The molecule has 4 nitrogen and oxygen atoms in total. The van der Waals surface area contributed by atoms with Crippen molar-refractivity contribution in [3.63, 3.8) is 0 Å². The first-order chi connectivity index (χ1) is 7.74. The lowest BCUT2D eigenvalue weighted by Gasteiger charge is -2.06. The summed E-state index contributed by atoms with van der Waals surface area (Å²) in [5.41, 5.74) is 0.500. The van der Waals surface area contributed by atoms with Gasteiger partial charge in [-0.25, -0.2) is 4.79 Å². The Morgan fingerprint density at radius 2 is 1.94 bits per heavy atom. The first-order valence-corrected chi connectivity index (χ1v) is 4.78. The van der Waals surface area contributed by atoms with Crippen molar-refractivity contribution < 1.29 is 19.0 Å². The molecule has 0 radical (unpaired) electrons. The van der Waals surface area contributed by atoms with Crippen LogP contribution in [0.15, 0.2) is 42.4 Å². The molecule has 1 aromatic rings. The molecule has 1 aromatic carbocycles. The van der Waals surface area contributed by atoms with Gasteiger partial charge in [-0.05, 0) is 19.1 Å². The van der Waals surface area contributed by atoms with E-state index in [2.05, 4.69) is 0 Å². The Bertz CT molecular complexity index is 357. The van der Waals surface area contributed by atoms with Crippen LogP contribution in [0.25, 0.3) is 0 Å². The summed E-state index contributed by atoms with van der Waals surface area (Å²) >= 11 is 0. The Hall–Kier alpha value is -1.97. The summed E-state index contributed by atoms with van der Waals surface area (Å²) in [5, 5.41) is 0. The molecule has 86 valence electrons. The number of allylic oxidation sites excluding steroid dienone is 1. The highest BCUT2D eigenvalue weighted by atomic mass is 16.7. The van der Waals surface area contributed by atoms with Crippen LogP contribution in [0.2, 0.25) is 0 Å². The first kappa shape index (κ1) is 12.1. The number of hydrogen-bond acceptors (Lipinski definition) is 4. The number of hydrogen-bond donors (Lipinski definition) is 0. The van der Waals surface area contributed by atoms with Gasteiger partial charge >= 0.3 is 5.97 Å². The van der Waals surface area contributed by atoms with Gasteiger partial charge in [0.25, 0.3) is 0 Å². The summed E-state index contributed by atoms with van der Waals surface area (Å²) < 4.78 is 14.7. The van der Waals surface area contributed by atoms with E-state index in [0.29, 0.717) is 11.3 Å². The van der Waals surface area contributed by atoms with Crippen molar-refractivity contribution in [1.82, 2.24) is 0 Å². The molecule has 0 saturated carbocycles. The van der Waals surface area contributed by atoms with E-state index in [9.17, 15) is 4.79 Å². The molecule has 0 aliphatic rings. The Morgan fingerprint density at radius 1 is 1.25 bits per heavy atom. The minimum Gasteiger partial charge on any atom is -0.501 e. The lowest BCUT2D eigenvalue weighted by atomic mass is 10.2. The lowest BCUT2D eigenvalue weighted by molar-refractivity contribution is -0.00871. The van der Waals surface area contributed by atoms with E-state index in [-0.39, 0.29) is 6.79 Å². The van der Waals surface area contributed by atoms with E-state index >= 15 is 0 Å². The van der Waals surface area contributed by atoms with Crippen LogP contribution in [0.5, 0.6) is 0 Å². The smallest absolute Gasteiger partial charge is 0.340 e. The SMILES string of the molecule is COC=C(C)OCOC(=O)c1ccccc1. The zero-order valence-electron chi connectivity index (χ0n) is 9.30. The third-order valence-electron chi connectivity index (χ3n) is 1.77. The average molecular weight is 222 g/mol. The van der Waals surface area contributed by atoms with Crippen LogP contribution >= 0.6 is 0 Å². The molecule has 0 aliphatic heterocycles. The number of benzene rings is 1. The number of ether oxygens (including phenoxy) is 3. The highest BCUT2D eigenvalue weighted by molar-refractivity contribution is 5.89. The van der Waals surface area contributed by atoms with E-state index in [1.165, 1.54) is 13.4 Å². The highest BCUT2D eigenvalue weighted by Gasteiger charge is 2.05. The van der Waals surface area contributed by atoms with Crippen LogP contribution in [-0.4, -0.2) is 19.9 Å². The maximum absolute atomic E-state index is 11.4. The minimum atomic E-state index is -0.411. The van der Waals surface area contributed by atoms with Crippen molar-refractivity contribution in [3.05, 3.63) is 47.9 Å². The fraction of sp³-hybridized carbons (Fsp3) is 0.250. The maximum Gasteiger partial charge on any atom is 0.340 e. The van der Waals surface area contributed by atoms with Gasteiger partial charge in [-0.2, -0.15) is 0 Å². The second-order valence-electron chi connectivity index (χ2n) is 3.02. The fourth-order valence-electron chi connectivity index (χ4n) is 1.03. The molecule has 0 aromatic heterocycles. The Morgan fingerprint density at radius 3 is 2.56 bits per heavy atom. The summed E-state index contributed by atoms with van der Waals surface area (Å²) in [7, 11) is 1.52. The third-order valence-corrected chi connectivity index (χ3v) is 1.77. The summed E-state index contributed by atoms with van der Waals surface area (Å²) in [6, 6.07) is 8.74. The van der Waals surface area contributed by atoms with E-state index in [4.69, 9.17) is 14.2 Å². The molecular formula is C12H14O4. The molecule has 0 bridgehead atoms. The molecule has 1 rings (SSSR count). The molecule has 0 fully saturated rings. The zero-order chi connectivity index (χ0) is 11.8. The Balaban J connectivity index is 2.34. The topological polar surface area (TPSA) is 44.8 Å². The van der Waals surface area contributed by atoms with Crippen molar-refractivity contribution in [1.29, 1.82) is 0 Å². The van der Waals surface area contributed by atoms with Crippen LogP contribution in [-0.2, 0) is 14.2 Å². The van der Waals surface area contributed by atoms with Crippen molar-refractivity contribution >= 4 is 5.97 Å². The number of rotatable bonds is 5. The first-order valence-electron chi connectivity index (χ1n) is 4.78. The maximum atomic E-state index is 11.4. The molecule has 0 heterocycles. The third kappa shape index (κ3) is 4.04. The van der Waals surface area contributed by atoms with Crippen LogP contribution in [0, 0.1) is 0 Å². The van der Waals surface area contributed by atoms with Gasteiger partial charge in [0.15, 0.2) is 0 Å². The van der Waals surface area contributed by atoms with Gasteiger partial charge in [0, 0.05) is 0 Å². The Labute approximate surface area is 94.4 Å². The zero-order valence-corrected chi connectivity index (χ0v) is 9.30. The minimum absolute atomic E-state index is 0.126. The van der Waals surface area contributed by atoms with Gasteiger partial charge in [-0.15, -0.1) is 0 Å². The predicted molar refractivity (Wildman–Crippen MR) is 58.6 cm³/mol. The van der Waals surface area contributed by atoms with Crippen LogP contribution in [0.4, 0.5) is 0 Å². The number of carbonyl (C=O) groups excluding carboxylic acids is 1. The number of methoxy groups -OCH3 is 1. The molecule has 0 amide bonds. The lowest BCUT2D eigenvalue weighted by Crippen LogP contribution is -2.08. The standard InChI is InChI=1S/C12H14O4/c1-10(8-14-2)15-9-16-12(13)11-6-4-3-5-7-11/h3-8H,9H2,1-2H3. The second-order valence-corrected chi connectivity index (χ2v) is 3.02. The molecule has 0 N–H and O–H groups in total. The molecule has 0 unspecified atom stereocenters. The van der Waals surface area contributed by atoms with Crippen LogP contribution in [0.1, 0.15) is 17.3 Å². The van der Waals surface area contributed by atoms with Crippen molar-refractivity contribution in [2.75, 3.05) is 13.9 Å². The number of carbonyl (C=O) groups is 1. The van der Waals surface area contributed by atoms with Crippen molar-refractivity contribution in [2.24, 2.45) is 0 Å². The molecule has 4 heteroatoms. The van der Waals surface area contributed by atoms with Crippen LogP contribution < -0.4 is 0 Å². The summed E-state index contributed by atoms with van der Waals surface area (Å²) in [5.74, 6) is 0.133. The molecule has 0 saturated heterocycles. The fourth-order valence-corrected chi connectivity index (χ4v) is 1.03. The van der Waals surface area contributed by atoms with E-state index in [1.807, 2.05) is 6.07 Å².